The van der Waals surface area contributed by atoms with Gasteiger partial charge in [-0.25, -0.2) is 9.67 Å². The minimum atomic E-state index is -0.207. The number of pyridine rings is 1. The molecule has 10 heteroatoms. The first-order chi connectivity index (χ1) is 16.4. The van der Waals surface area contributed by atoms with E-state index >= 15 is 0 Å². The number of ether oxygens (including phenoxy) is 3. The lowest BCUT2D eigenvalue weighted by Gasteiger charge is -2.12. The molecule has 34 heavy (non-hydrogen) atoms. The van der Waals surface area contributed by atoms with Crippen molar-refractivity contribution >= 4 is 27.5 Å². The quantitative estimate of drug-likeness (QED) is 0.297. The van der Waals surface area contributed by atoms with Gasteiger partial charge in [-0.05, 0) is 52.3 Å². The number of benzene rings is 2. The first-order valence-corrected chi connectivity index (χ1v) is 11.5. The number of hydrogen-bond donors (Lipinski definition) is 0. The van der Waals surface area contributed by atoms with E-state index in [1.54, 1.807) is 40.9 Å². The second kappa shape index (κ2) is 10.4. The molecule has 2 aromatic heterocycles. The number of nitrogens with zero attached hydrogens (tertiary/aromatic N) is 4. The van der Waals surface area contributed by atoms with E-state index in [1.807, 2.05) is 37.4 Å². The fourth-order valence-electron chi connectivity index (χ4n) is 3.41. The average Bonchev–Trinajstić information content (AvgIpc) is 3.27. The third-order valence-electron chi connectivity index (χ3n) is 5.01. The van der Waals surface area contributed by atoms with Crippen LogP contribution in [0.25, 0.3) is 28.5 Å². The zero-order valence-corrected chi connectivity index (χ0v) is 21.1. The Kier molecular flexibility index (Phi) is 7.35. The standard InChI is InChI=1S/C24H22BrClN4O4/c1-29-13-17(21(31)18(25)14-29)24-27-23(15-7-9-16(10-8-15)34-12-11-32-2)28-30(24)20-6-4-5-19(26)22(20)33-3/h4-10,13-14H,11-12H2,1-3H3. The molecular weight excluding hydrogens is 524 g/mol. The maximum absolute atomic E-state index is 13.0. The fraction of sp³-hybridized carbons (Fsp3) is 0.208. The van der Waals surface area contributed by atoms with Gasteiger partial charge in [0.1, 0.15) is 18.0 Å². The van der Waals surface area contributed by atoms with E-state index in [-0.39, 0.29) is 5.43 Å². The van der Waals surface area contributed by atoms with Crippen LogP contribution in [0.3, 0.4) is 0 Å². The summed E-state index contributed by atoms with van der Waals surface area (Å²) in [6.45, 7) is 0.952. The molecule has 2 aromatic carbocycles. The van der Waals surface area contributed by atoms with Crippen LogP contribution in [0.15, 0.2) is 64.1 Å². The van der Waals surface area contributed by atoms with E-state index in [4.69, 9.17) is 35.9 Å². The lowest BCUT2D eigenvalue weighted by atomic mass is 10.2. The smallest absolute Gasteiger partial charge is 0.206 e. The summed E-state index contributed by atoms with van der Waals surface area (Å²) in [6.07, 6.45) is 3.40. The topological polar surface area (TPSA) is 80.4 Å². The molecule has 0 atom stereocenters. The van der Waals surface area contributed by atoms with E-state index in [2.05, 4.69) is 15.9 Å². The molecule has 176 valence electrons. The van der Waals surface area contributed by atoms with Crippen molar-refractivity contribution in [2.45, 2.75) is 0 Å². The van der Waals surface area contributed by atoms with Gasteiger partial charge >= 0.3 is 0 Å². The van der Waals surface area contributed by atoms with Crippen molar-refractivity contribution in [3.05, 3.63) is 74.6 Å². The highest BCUT2D eigenvalue weighted by Crippen LogP contribution is 2.34. The zero-order chi connectivity index (χ0) is 24.2. The molecule has 0 bridgehead atoms. The van der Waals surface area contributed by atoms with Crippen LogP contribution < -0.4 is 14.9 Å². The Hall–Kier alpha value is -3.14. The number of para-hydroxylation sites is 1. The number of aryl methyl sites for hydroxylation is 1. The summed E-state index contributed by atoms with van der Waals surface area (Å²) >= 11 is 9.71. The van der Waals surface area contributed by atoms with Crippen LogP contribution in [-0.4, -0.2) is 46.8 Å². The summed E-state index contributed by atoms with van der Waals surface area (Å²) in [7, 11) is 4.99. The summed E-state index contributed by atoms with van der Waals surface area (Å²) in [5, 5.41) is 5.14. The zero-order valence-electron chi connectivity index (χ0n) is 18.8. The summed E-state index contributed by atoms with van der Waals surface area (Å²) in [6, 6.07) is 12.7. The molecule has 0 saturated heterocycles. The second-order valence-corrected chi connectivity index (χ2v) is 8.60. The molecule has 0 fully saturated rings. The van der Waals surface area contributed by atoms with Crippen LogP contribution in [0.1, 0.15) is 0 Å². The SMILES string of the molecule is COCCOc1ccc(-c2nc(-c3cn(C)cc(Br)c3=O)n(-c3cccc(Cl)c3OC)n2)cc1. The fourth-order valence-corrected chi connectivity index (χ4v) is 4.19. The van der Waals surface area contributed by atoms with Crippen LogP contribution in [0, 0.1) is 0 Å². The summed E-state index contributed by atoms with van der Waals surface area (Å²) < 4.78 is 20.0. The monoisotopic (exact) mass is 544 g/mol. The Balaban J connectivity index is 1.87. The van der Waals surface area contributed by atoms with Crippen molar-refractivity contribution in [1.82, 2.24) is 19.3 Å². The van der Waals surface area contributed by atoms with Gasteiger partial charge in [0.25, 0.3) is 0 Å². The molecule has 0 aliphatic heterocycles. The number of rotatable bonds is 8. The Morgan fingerprint density at radius 3 is 2.53 bits per heavy atom. The Morgan fingerprint density at radius 2 is 1.82 bits per heavy atom. The van der Waals surface area contributed by atoms with Gasteiger partial charge in [0.05, 0.1) is 28.8 Å². The minimum absolute atomic E-state index is 0.207. The van der Waals surface area contributed by atoms with Crippen molar-refractivity contribution in [2.24, 2.45) is 7.05 Å². The van der Waals surface area contributed by atoms with Gasteiger partial charge in [-0.2, -0.15) is 0 Å². The van der Waals surface area contributed by atoms with E-state index in [0.717, 1.165) is 5.56 Å². The largest absolute Gasteiger partial charge is 0.493 e. The molecule has 0 unspecified atom stereocenters. The van der Waals surface area contributed by atoms with Gasteiger partial charge in [0.15, 0.2) is 17.4 Å². The third kappa shape index (κ3) is 4.86. The third-order valence-corrected chi connectivity index (χ3v) is 5.87. The molecule has 0 aliphatic carbocycles. The summed E-state index contributed by atoms with van der Waals surface area (Å²) in [5.74, 6) is 1.92. The molecule has 0 N–H and O–H groups in total. The molecule has 2 heterocycles. The molecule has 0 saturated carbocycles. The van der Waals surface area contributed by atoms with E-state index in [1.165, 1.54) is 7.11 Å². The number of aromatic nitrogens is 4. The Labute approximate surface area is 209 Å². The van der Waals surface area contributed by atoms with Crippen LogP contribution in [0.2, 0.25) is 5.02 Å². The molecule has 4 aromatic rings. The molecule has 8 nitrogen and oxygen atoms in total. The van der Waals surface area contributed by atoms with E-state index < -0.39 is 0 Å². The van der Waals surface area contributed by atoms with Gasteiger partial charge in [-0.3, -0.25) is 4.79 Å². The minimum Gasteiger partial charge on any atom is -0.493 e. The number of halogens is 2. The predicted octanol–water partition coefficient (Wildman–Crippen LogP) is 4.75. The normalized spacial score (nSPS) is 11.0. The summed E-state index contributed by atoms with van der Waals surface area (Å²) in [5.41, 5.74) is 1.48. The van der Waals surface area contributed by atoms with E-state index in [9.17, 15) is 4.79 Å². The van der Waals surface area contributed by atoms with E-state index in [0.29, 0.717) is 57.1 Å². The van der Waals surface area contributed by atoms with Crippen LogP contribution in [0.5, 0.6) is 11.5 Å². The van der Waals surface area contributed by atoms with Crippen LogP contribution in [0.4, 0.5) is 0 Å². The average molecular weight is 546 g/mol. The number of hydrogen-bond acceptors (Lipinski definition) is 6. The van der Waals surface area contributed by atoms with Crippen molar-refractivity contribution in [2.75, 3.05) is 27.4 Å². The van der Waals surface area contributed by atoms with Crippen molar-refractivity contribution in [1.29, 1.82) is 0 Å². The van der Waals surface area contributed by atoms with Crippen molar-refractivity contribution in [3.8, 4) is 40.0 Å². The Bertz CT molecular complexity index is 1370. The molecule has 0 aliphatic rings. The first-order valence-electron chi connectivity index (χ1n) is 10.3. The van der Waals surface area contributed by atoms with Crippen LogP contribution >= 0.6 is 27.5 Å². The highest BCUT2D eigenvalue weighted by molar-refractivity contribution is 9.10. The molecule has 0 radical (unpaired) electrons. The van der Waals surface area contributed by atoms with Gasteiger partial charge in [-0.15, -0.1) is 5.10 Å². The second-order valence-electron chi connectivity index (χ2n) is 7.34. The van der Waals surface area contributed by atoms with Gasteiger partial charge in [0, 0.05) is 32.1 Å². The van der Waals surface area contributed by atoms with Gasteiger partial charge in [0.2, 0.25) is 5.43 Å². The molecule has 0 spiro atoms. The first kappa shape index (κ1) is 24.0. The van der Waals surface area contributed by atoms with Gasteiger partial charge < -0.3 is 18.8 Å². The van der Waals surface area contributed by atoms with Crippen LogP contribution in [-0.2, 0) is 11.8 Å². The lowest BCUT2D eigenvalue weighted by molar-refractivity contribution is 0.146. The molecule has 4 rings (SSSR count). The van der Waals surface area contributed by atoms with Gasteiger partial charge in [-0.1, -0.05) is 17.7 Å². The predicted molar refractivity (Wildman–Crippen MR) is 134 cm³/mol. The highest BCUT2D eigenvalue weighted by atomic mass is 79.9. The lowest BCUT2D eigenvalue weighted by Crippen LogP contribution is -2.13. The maximum atomic E-state index is 13.0. The summed E-state index contributed by atoms with van der Waals surface area (Å²) in [4.78, 5) is 17.8. The molecule has 0 amide bonds. The Morgan fingerprint density at radius 1 is 1.06 bits per heavy atom. The highest BCUT2D eigenvalue weighted by Gasteiger charge is 2.22. The van der Waals surface area contributed by atoms with Crippen molar-refractivity contribution < 1.29 is 14.2 Å². The van der Waals surface area contributed by atoms with Crippen molar-refractivity contribution in [3.63, 3.8) is 0 Å². The number of methoxy groups -OCH3 is 2. The maximum Gasteiger partial charge on any atom is 0.206 e. The molecular formula is C24H22BrClN4O4.